The second-order valence-corrected chi connectivity index (χ2v) is 6.79. The molecule has 6 nitrogen and oxygen atoms in total. The van der Waals surface area contributed by atoms with Crippen LogP contribution in [0.2, 0.25) is 0 Å². The maximum absolute atomic E-state index is 12.3. The molecule has 0 radical (unpaired) electrons. The Balaban J connectivity index is 1.57. The molecule has 0 aromatic heterocycles. The van der Waals surface area contributed by atoms with Gasteiger partial charge in [-0.25, -0.2) is 5.43 Å². The van der Waals surface area contributed by atoms with E-state index in [1.54, 1.807) is 31.2 Å². The van der Waals surface area contributed by atoms with Gasteiger partial charge in [0, 0.05) is 22.6 Å². The minimum absolute atomic E-state index is 0.117. The maximum Gasteiger partial charge on any atom is 0.271 e. The number of carbonyl (C=O) groups is 2. The summed E-state index contributed by atoms with van der Waals surface area (Å²) in [4.78, 5) is 24.4. The summed E-state index contributed by atoms with van der Waals surface area (Å²) in [6, 6.07) is 12.6. The Morgan fingerprint density at radius 2 is 1.81 bits per heavy atom. The lowest BCUT2D eigenvalue weighted by atomic mass is 9.90. The Morgan fingerprint density at radius 1 is 1.07 bits per heavy atom. The highest BCUT2D eigenvalue weighted by molar-refractivity contribution is 6.06. The Morgan fingerprint density at radius 3 is 2.59 bits per heavy atom. The molecule has 1 aliphatic carbocycles. The third-order valence-electron chi connectivity index (χ3n) is 4.61. The van der Waals surface area contributed by atoms with Crippen LogP contribution in [0, 0.1) is 0 Å². The van der Waals surface area contributed by atoms with Crippen LogP contribution in [0.4, 0.5) is 11.4 Å². The van der Waals surface area contributed by atoms with Crippen molar-refractivity contribution >= 4 is 28.9 Å². The van der Waals surface area contributed by atoms with Gasteiger partial charge in [0.15, 0.2) is 0 Å². The number of aryl methyl sites for hydroxylation is 1. The topological polar surface area (TPSA) is 96.6 Å². The van der Waals surface area contributed by atoms with Crippen LogP contribution in [0.3, 0.4) is 0 Å². The predicted molar refractivity (Wildman–Crippen MR) is 108 cm³/mol. The van der Waals surface area contributed by atoms with E-state index in [1.165, 1.54) is 17.5 Å². The fraction of sp³-hybridized carbons (Fsp3) is 0.286. The molecule has 0 bridgehead atoms. The summed E-state index contributed by atoms with van der Waals surface area (Å²) in [7, 11) is 0. The molecule has 4 N–H and O–H groups in total. The summed E-state index contributed by atoms with van der Waals surface area (Å²) < 4.78 is 0. The number of amides is 2. The van der Waals surface area contributed by atoms with E-state index >= 15 is 0 Å². The van der Waals surface area contributed by atoms with Crippen molar-refractivity contribution in [3.63, 3.8) is 0 Å². The molecular weight excluding hydrogens is 340 g/mol. The zero-order valence-electron chi connectivity index (χ0n) is 15.4. The van der Waals surface area contributed by atoms with Gasteiger partial charge in [-0.1, -0.05) is 12.1 Å². The first kappa shape index (κ1) is 18.6. The fourth-order valence-corrected chi connectivity index (χ4v) is 3.21. The zero-order valence-corrected chi connectivity index (χ0v) is 15.4. The smallest absolute Gasteiger partial charge is 0.271 e. The van der Waals surface area contributed by atoms with E-state index in [-0.39, 0.29) is 18.2 Å². The molecule has 0 unspecified atom stereocenters. The molecular formula is C21H24N4O2. The third-order valence-corrected chi connectivity index (χ3v) is 4.61. The van der Waals surface area contributed by atoms with Crippen molar-refractivity contribution in [2.24, 2.45) is 5.10 Å². The summed E-state index contributed by atoms with van der Waals surface area (Å²) in [5.74, 6) is -0.483. The van der Waals surface area contributed by atoms with Gasteiger partial charge in [-0.15, -0.1) is 0 Å². The van der Waals surface area contributed by atoms with Gasteiger partial charge >= 0.3 is 0 Å². The van der Waals surface area contributed by atoms with E-state index in [2.05, 4.69) is 21.9 Å². The summed E-state index contributed by atoms with van der Waals surface area (Å²) in [6.07, 6.45) is 4.53. The molecule has 27 heavy (non-hydrogen) atoms. The zero-order chi connectivity index (χ0) is 19.2. The average Bonchev–Trinajstić information content (AvgIpc) is 2.67. The number of carbonyl (C=O) groups excluding carboxylic acids is 2. The lowest BCUT2D eigenvalue weighted by Crippen LogP contribution is -2.22. The highest BCUT2D eigenvalue weighted by Gasteiger charge is 2.15. The van der Waals surface area contributed by atoms with Crippen LogP contribution in [-0.2, 0) is 17.6 Å². The summed E-state index contributed by atoms with van der Waals surface area (Å²) in [6.45, 7) is 1.71. The number of nitrogens with one attached hydrogen (secondary N) is 2. The number of nitrogen functional groups attached to an aromatic ring is 1. The number of hydrazone groups is 1. The molecule has 0 heterocycles. The Hall–Kier alpha value is -3.15. The van der Waals surface area contributed by atoms with E-state index in [1.807, 2.05) is 12.1 Å². The molecule has 0 saturated heterocycles. The van der Waals surface area contributed by atoms with Gasteiger partial charge in [-0.3, -0.25) is 9.59 Å². The van der Waals surface area contributed by atoms with Crippen molar-refractivity contribution in [3.05, 3.63) is 59.2 Å². The Labute approximate surface area is 158 Å². The SMILES string of the molecule is C/C(CC(=O)Nc1cccc2c1CCCC2)=N\NC(=O)c1ccc(N)cc1. The van der Waals surface area contributed by atoms with E-state index in [4.69, 9.17) is 5.73 Å². The average molecular weight is 364 g/mol. The van der Waals surface area contributed by atoms with Crippen molar-refractivity contribution < 1.29 is 9.59 Å². The van der Waals surface area contributed by atoms with Crippen LogP contribution < -0.4 is 16.5 Å². The summed E-state index contributed by atoms with van der Waals surface area (Å²) in [5.41, 5.74) is 13.1. The summed E-state index contributed by atoms with van der Waals surface area (Å²) >= 11 is 0. The van der Waals surface area contributed by atoms with Gasteiger partial charge in [0.2, 0.25) is 5.91 Å². The molecule has 2 aromatic rings. The quantitative estimate of drug-likeness (QED) is 0.431. The molecule has 2 aromatic carbocycles. The molecule has 2 amide bonds. The second kappa shape index (κ2) is 8.49. The van der Waals surface area contributed by atoms with Crippen LogP contribution in [0.25, 0.3) is 0 Å². The number of benzene rings is 2. The van der Waals surface area contributed by atoms with Gasteiger partial charge in [-0.05, 0) is 74.1 Å². The van der Waals surface area contributed by atoms with E-state index in [0.29, 0.717) is 17.0 Å². The number of nitrogens with two attached hydrogens (primary N) is 1. The molecule has 1 aliphatic rings. The standard InChI is InChI=1S/C21H24N4O2/c1-14(24-25-21(27)16-9-11-17(22)12-10-16)13-20(26)23-19-8-4-6-15-5-2-3-7-18(15)19/h4,6,8-12H,2-3,5,7,13,22H2,1H3,(H,23,26)(H,25,27)/b24-14+. The van der Waals surface area contributed by atoms with E-state index in [9.17, 15) is 9.59 Å². The van der Waals surface area contributed by atoms with Crippen molar-refractivity contribution in [1.82, 2.24) is 5.43 Å². The van der Waals surface area contributed by atoms with Gasteiger partial charge in [0.1, 0.15) is 0 Å². The highest BCUT2D eigenvalue weighted by Crippen LogP contribution is 2.27. The minimum atomic E-state index is -0.341. The number of hydrogen-bond acceptors (Lipinski definition) is 4. The molecule has 0 aliphatic heterocycles. The van der Waals surface area contributed by atoms with Gasteiger partial charge in [-0.2, -0.15) is 5.10 Å². The first-order valence-electron chi connectivity index (χ1n) is 9.12. The Kier molecular flexibility index (Phi) is 5.86. The lowest BCUT2D eigenvalue weighted by Gasteiger charge is -2.19. The van der Waals surface area contributed by atoms with Crippen molar-refractivity contribution in [2.75, 3.05) is 11.1 Å². The summed E-state index contributed by atoms with van der Waals surface area (Å²) in [5, 5.41) is 7.00. The monoisotopic (exact) mass is 364 g/mol. The van der Waals surface area contributed by atoms with E-state index < -0.39 is 0 Å². The van der Waals surface area contributed by atoms with Gasteiger partial charge < -0.3 is 11.1 Å². The minimum Gasteiger partial charge on any atom is -0.399 e. The Bertz CT molecular complexity index is 872. The van der Waals surface area contributed by atoms with Crippen LogP contribution in [-0.4, -0.2) is 17.5 Å². The van der Waals surface area contributed by atoms with Crippen LogP contribution in [0.5, 0.6) is 0 Å². The maximum atomic E-state index is 12.3. The molecule has 0 spiro atoms. The lowest BCUT2D eigenvalue weighted by molar-refractivity contribution is -0.115. The molecule has 3 rings (SSSR count). The fourth-order valence-electron chi connectivity index (χ4n) is 3.21. The van der Waals surface area contributed by atoms with Crippen LogP contribution in [0.15, 0.2) is 47.6 Å². The number of nitrogens with zero attached hydrogens (tertiary/aromatic N) is 1. The van der Waals surface area contributed by atoms with Crippen LogP contribution >= 0.6 is 0 Å². The predicted octanol–water partition coefficient (Wildman–Crippen LogP) is 3.28. The molecule has 0 fully saturated rings. The largest absolute Gasteiger partial charge is 0.399 e. The normalized spacial score (nSPS) is 13.6. The number of hydrogen-bond donors (Lipinski definition) is 3. The highest BCUT2D eigenvalue weighted by atomic mass is 16.2. The first-order valence-corrected chi connectivity index (χ1v) is 9.12. The number of anilines is 2. The van der Waals surface area contributed by atoms with Crippen molar-refractivity contribution in [3.8, 4) is 0 Å². The van der Waals surface area contributed by atoms with Gasteiger partial charge in [0.05, 0.1) is 6.42 Å². The first-order chi connectivity index (χ1) is 13.0. The number of rotatable bonds is 5. The molecule has 6 heteroatoms. The second-order valence-electron chi connectivity index (χ2n) is 6.79. The number of fused-ring (bicyclic) bond motifs is 1. The molecule has 140 valence electrons. The third kappa shape index (κ3) is 4.94. The molecule has 0 saturated carbocycles. The van der Waals surface area contributed by atoms with Crippen molar-refractivity contribution in [2.45, 2.75) is 39.0 Å². The van der Waals surface area contributed by atoms with E-state index in [0.717, 1.165) is 24.9 Å². The van der Waals surface area contributed by atoms with Crippen LogP contribution in [0.1, 0.15) is 47.7 Å². The molecule has 0 atom stereocenters. The van der Waals surface area contributed by atoms with Gasteiger partial charge in [0.25, 0.3) is 5.91 Å². The van der Waals surface area contributed by atoms with Crippen molar-refractivity contribution in [1.29, 1.82) is 0 Å².